The second-order valence-corrected chi connectivity index (χ2v) is 4.32. The van der Waals surface area contributed by atoms with Gasteiger partial charge in [0.25, 0.3) is 0 Å². The van der Waals surface area contributed by atoms with Crippen LogP contribution < -0.4 is 0 Å². The van der Waals surface area contributed by atoms with Crippen molar-refractivity contribution in [3.63, 3.8) is 0 Å². The molecule has 106 valence electrons. The Morgan fingerprint density at radius 2 is 1.70 bits per heavy atom. The predicted molar refractivity (Wildman–Crippen MR) is 64.3 cm³/mol. The van der Waals surface area contributed by atoms with Crippen molar-refractivity contribution in [3.8, 4) is 0 Å². The lowest BCUT2D eigenvalue weighted by molar-refractivity contribution is -0.137. The minimum Gasteiger partial charge on any atom is -0.386 e. The van der Waals surface area contributed by atoms with Gasteiger partial charge < -0.3 is 5.11 Å². The molecule has 0 saturated carbocycles. The average molecular weight is 285 g/mol. The summed E-state index contributed by atoms with van der Waals surface area (Å²) in [5, 5.41) is 9.89. The molecule has 1 N–H and O–H groups in total. The Balaban J connectivity index is 2.08. The van der Waals surface area contributed by atoms with Crippen LogP contribution in [0.1, 0.15) is 22.9 Å². The Morgan fingerprint density at radius 3 is 2.20 bits per heavy atom. The van der Waals surface area contributed by atoms with Crippen LogP contribution in [-0.4, -0.2) is 10.1 Å². The summed E-state index contributed by atoms with van der Waals surface area (Å²) in [4.78, 5) is 3.73. The number of hydrogen-bond acceptors (Lipinski definition) is 2. The average Bonchev–Trinajstić information content (AvgIpc) is 2.39. The van der Waals surface area contributed by atoms with Gasteiger partial charge in [0.1, 0.15) is 5.82 Å². The second kappa shape index (κ2) is 5.58. The van der Waals surface area contributed by atoms with E-state index in [-0.39, 0.29) is 12.1 Å². The van der Waals surface area contributed by atoms with E-state index < -0.39 is 23.7 Å². The molecule has 6 heteroatoms. The highest BCUT2D eigenvalue weighted by Gasteiger charge is 2.29. The van der Waals surface area contributed by atoms with Gasteiger partial charge in [-0.2, -0.15) is 13.2 Å². The lowest BCUT2D eigenvalue weighted by Crippen LogP contribution is -2.06. The maximum Gasteiger partial charge on any atom is 0.416 e. The van der Waals surface area contributed by atoms with Crippen LogP contribution in [0.5, 0.6) is 0 Å². The molecule has 0 fully saturated rings. The molecule has 2 nitrogen and oxygen atoms in total. The standard InChI is InChI=1S/C14H11F4NO/c15-11-5-6-12(19-8-11)13(20)7-9-1-3-10(4-2-9)14(16,17)18/h1-6,8,13,20H,7H2. The molecule has 0 radical (unpaired) electrons. The molecule has 0 spiro atoms. The number of aromatic nitrogens is 1. The van der Waals surface area contributed by atoms with Gasteiger partial charge in [0, 0.05) is 6.42 Å². The van der Waals surface area contributed by atoms with Crippen molar-refractivity contribution < 1.29 is 22.7 Å². The van der Waals surface area contributed by atoms with Gasteiger partial charge in [-0.3, -0.25) is 4.98 Å². The molecule has 1 aromatic carbocycles. The van der Waals surface area contributed by atoms with Crippen molar-refractivity contribution in [1.82, 2.24) is 4.98 Å². The number of alkyl halides is 3. The molecular weight excluding hydrogens is 274 g/mol. The van der Waals surface area contributed by atoms with Gasteiger partial charge in [-0.25, -0.2) is 4.39 Å². The second-order valence-electron chi connectivity index (χ2n) is 4.32. The highest BCUT2D eigenvalue weighted by molar-refractivity contribution is 5.26. The van der Waals surface area contributed by atoms with Crippen molar-refractivity contribution in [1.29, 1.82) is 0 Å². The lowest BCUT2D eigenvalue weighted by atomic mass is 10.0. The molecule has 0 bridgehead atoms. The van der Waals surface area contributed by atoms with E-state index in [1.807, 2.05) is 0 Å². The van der Waals surface area contributed by atoms with Crippen molar-refractivity contribution in [2.45, 2.75) is 18.7 Å². The number of benzene rings is 1. The quantitative estimate of drug-likeness (QED) is 0.875. The fourth-order valence-electron chi connectivity index (χ4n) is 1.74. The van der Waals surface area contributed by atoms with E-state index in [2.05, 4.69) is 4.98 Å². The van der Waals surface area contributed by atoms with Crippen LogP contribution in [0.4, 0.5) is 17.6 Å². The third-order valence-corrected chi connectivity index (χ3v) is 2.80. The summed E-state index contributed by atoms with van der Waals surface area (Å²) in [7, 11) is 0. The zero-order valence-corrected chi connectivity index (χ0v) is 10.2. The van der Waals surface area contributed by atoms with Crippen LogP contribution in [0.25, 0.3) is 0 Å². The molecule has 0 aliphatic rings. The van der Waals surface area contributed by atoms with Gasteiger partial charge in [0.15, 0.2) is 0 Å². The maximum absolute atomic E-state index is 12.7. The van der Waals surface area contributed by atoms with Gasteiger partial charge in [-0.15, -0.1) is 0 Å². The van der Waals surface area contributed by atoms with E-state index in [1.165, 1.54) is 18.2 Å². The number of nitrogens with zero attached hydrogens (tertiary/aromatic N) is 1. The van der Waals surface area contributed by atoms with Crippen LogP contribution in [0.3, 0.4) is 0 Å². The molecule has 2 aromatic rings. The molecule has 1 atom stereocenters. The van der Waals surface area contributed by atoms with E-state index in [0.29, 0.717) is 5.56 Å². The number of rotatable bonds is 3. The first-order valence-corrected chi connectivity index (χ1v) is 5.82. The molecule has 0 aliphatic heterocycles. The summed E-state index contributed by atoms with van der Waals surface area (Å²) in [6, 6.07) is 7.02. The number of halogens is 4. The zero-order chi connectivity index (χ0) is 14.8. The topological polar surface area (TPSA) is 33.1 Å². The van der Waals surface area contributed by atoms with Gasteiger partial charge in [-0.05, 0) is 29.8 Å². The van der Waals surface area contributed by atoms with Crippen LogP contribution in [0.2, 0.25) is 0 Å². The first-order valence-electron chi connectivity index (χ1n) is 5.82. The monoisotopic (exact) mass is 285 g/mol. The van der Waals surface area contributed by atoms with Crippen molar-refractivity contribution in [3.05, 3.63) is 65.2 Å². The van der Waals surface area contributed by atoms with Gasteiger partial charge in [0.2, 0.25) is 0 Å². The fourth-order valence-corrected chi connectivity index (χ4v) is 1.74. The molecule has 0 aliphatic carbocycles. The molecule has 1 aromatic heterocycles. The normalized spacial score (nSPS) is 13.2. The highest BCUT2D eigenvalue weighted by Crippen LogP contribution is 2.29. The van der Waals surface area contributed by atoms with E-state index >= 15 is 0 Å². The summed E-state index contributed by atoms with van der Waals surface area (Å²) in [6.07, 6.45) is -4.29. The first-order chi connectivity index (χ1) is 9.36. The van der Waals surface area contributed by atoms with Gasteiger partial charge in [0.05, 0.1) is 23.6 Å². The van der Waals surface area contributed by atoms with Crippen LogP contribution >= 0.6 is 0 Å². The van der Waals surface area contributed by atoms with Gasteiger partial charge >= 0.3 is 6.18 Å². The van der Waals surface area contributed by atoms with E-state index in [1.54, 1.807) is 0 Å². The maximum atomic E-state index is 12.7. The minimum absolute atomic E-state index is 0.108. The van der Waals surface area contributed by atoms with Crippen molar-refractivity contribution >= 4 is 0 Å². The van der Waals surface area contributed by atoms with E-state index in [0.717, 1.165) is 24.4 Å². The first kappa shape index (κ1) is 14.5. The molecule has 1 unspecified atom stereocenters. The van der Waals surface area contributed by atoms with E-state index in [4.69, 9.17) is 0 Å². The number of hydrogen-bond donors (Lipinski definition) is 1. The number of pyridine rings is 1. The van der Waals surface area contributed by atoms with Crippen LogP contribution in [0.15, 0.2) is 42.6 Å². The number of aliphatic hydroxyl groups is 1. The SMILES string of the molecule is OC(Cc1ccc(C(F)(F)F)cc1)c1ccc(F)cn1. The Morgan fingerprint density at radius 1 is 1.05 bits per heavy atom. The molecule has 20 heavy (non-hydrogen) atoms. The summed E-state index contributed by atoms with van der Waals surface area (Å²) in [5.74, 6) is -0.518. The Bertz CT molecular complexity index is 563. The summed E-state index contributed by atoms with van der Waals surface area (Å²) in [5.41, 5.74) is 0.0681. The molecule has 0 amide bonds. The fraction of sp³-hybridized carbons (Fsp3) is 0.214. The predicted octanol–water partition coefficient (Wildman–Crippen LogP) is 3.52. The summed E-state index contributed by atoms with van der Waals surface area (Å²) >= 11 is 0. The molecule has 0 saturated heterocycles. The van der Waals surface area contributed by atoms with Crippen molar-refractivity contribution in [2.75, 3.05) is 0 Å². The lowest BCUT2D eigenvalue weighted by Gasteiger charge is -2.11. The smallest absolute Gasteiger partial charge is 0.386 e. The molecule has 2 rings (SSSR count). The summed E-state index contributed by atoms with van der Waals surface area (Å²) in [6.45, 7) is 0. The highest BCUT2D eigenvalue weighted by atomic mass is 19.4. The Hall–Kier alpha value is -1.95. The third-order valence-electron chi connectivity index (χ3n) is 2.80. The van der Waals surface area contributed by atoms with Crippen LogP contribution in [-0.2, 0) is 12.6 Å². The minimum atomic E-state index is -4.38. The number of aliphatic hydroxyl groups excluding tert-OH is 1. The molecule has 1 heterocycles. The van der Waals surface area contributed by atoms with Gasteiger partial charge in [-0.1, -0.05) is 12.1 Å². The Labute approximate surface area is 112 Å². The zero-order valence-electron chi connectivity index (χ0n) is 10.2. The third kappa shape index (κ3) is 3.54. The molecular formula is C14H11F4NO. The largest absolute Gasteiger partial charge is 0.416 e. The van der Waals surface area contributed by atoms with E-state index in [9.17, 15) is 22.7 Å². The summed E-state index contributed by atoms with van der Waals surface area (Å²) < 4.78 is 49.9. The van der Waals surface area contributed by atoms with Crippen LogP contribution in [0, 0.1) is 5.82 Å². The Kier molecular flexibility index (Phi) is 4.04. The van der Waals surface area contributed by atoms with Crippen molar-refractivity contribution in [2.24, 2.45) is 0 Å².